The van der Waals surface area contributed by atoms with E-state index in [9.17, 15) is 9.59 Å². The molecular formula is C26H26O4. The topological polar surface area (TPSA) is 52.6 Å². The first-order chi connectivity index (χ1) is 14.6. The van der Waals surface area contributed by atoms with Crippen LogP contribution in [0.5, 0.6) is 11.5 Å². The van der Waals surface area contributed by atoms with Crippen molar-refractivity contribution >= 4 is 11.6 Å². The molecule has 0 aliphatic heterocycles. The van der Waals surface area contributed by atoms with Crippen molar-refractivity contribution in [3.8, 4) is 22.6 Å². The zero-order chi connectivity index (χ0) is 21.3. The van der Waals surface area contributed by atoms with E-state index in [4.69, 9.17) is 9.47 Å². The van der Waals surface area contributed by atoms with Crippen LogP contribution in [0.15, 0.2) is 72.8 Å². The van der Waals surface area contributed by atoms with Gasteiger partial charge in [-0.15, -0.1) is 0 Å². The monoisotopic (exact) mass is 402 g/mol. The molecule has 3 aromatic rings. The molecule has 0 aromatic heterocycles. The molecule has 0 fully saturated rings. The summed E-state index contributed by atoms with van der Waals surface area (Å²) < 4.78 is 10.3. The van der Waals surface area contributed by atoms with Gasteiger partial charge in [-0.1, -0.05) is 42.5 Å². The molecular weight excluding hydrogens is 376 g/mol. The van der Waals surface area contributed by atoms with Gasteiger partial charge in [0.25, 0.3) is 0 Å². The molecule has 0 saturated carbocycles. The summed E-state index contributed by atoms with van der Waals surface area (Å²) in [5, 5.41) is 0. The predicted molar refractivity (Wildman–Crippen MR) is 118 cm³/mol. The average molecular weight is 402 g/mol. The molecule has 0 radical (unpaired) electrons. The summed E-state index contributed by atoms with van der Waals surface area (Å²) in [6, 6.07) is 22.9. The van der Waals surface area contributed by atoms with Gasteiger partial charge in [0, 0.05) is 12.0 Å². The Labute approximate surface area is 177 Å². The van der Waals surface area contributed by atoms with Crippen LogP contribution in [0.4, 0.5) is 0 Å². The molecule has 3 rings (SSSR count). The quantitative estimate of drug-likeness (QED) is 0.330. The van der Waals surface area contributed by atoms with E-state index in [0.29, 0.717) is 12.0 Å². The normalized spacial score (nSPS) is 10.5. The van der Waals surface area contributed by atoms with Gasteiger partial charge in [0.05, 0.1) is 20.6 Å². The van der Waals surface area contributed by atoms with Crippen LogP contribution in [-0.2, 0) is 11.2 Å². The average Bonchev–Trinajstić information content (AvgIpc) is 2.79. The summed E-state index contributed by atoms with van der Waals surface area (Å²) in [4.78, 5) is 24.9. The first-order valence-corrected chi connectivity index (χ1v) is 10.0. The Balaban J connectivity index is 1.53. The smallest absolute Gasteiger partial charge is 0.170 e. The minimum absolute atomic E-state index is 0.0247. The van der Waals surface area contributed by atoms with Crippen LogP contribution in [0.1, 0.15) is 35.2 Å². The largest absolute Gasteiger partial charge is 0.497 e. The van der Waals surface area contributed by atoms with Gasteiger partial charge in [-0.25, -0.2) is 0 Å². The zero-order valence-electron chi connectivity index (χ0n) is 17.4. The van der Waals surface area contributed by atoms with Gasteiger partial charge < -0.3 is 9.47 Å². The number of methoxy groups -OCH3 is 2. The van der Waals surface area contributed by atoms with E-state index in [0.717, 1.165) is 41.0 Å². The summed E-state index contributed by atoms with van der Waals surface area (Å²) in [6.07, 6.45) is 1.87. The molecule has 0 N–H and O–H groups in total. The van der Waals surface area contributed by atoms with E-state index >= 15 is 0 Å². The first kappa shape index (κ1) is 21.3. The van der Waals surface area contributed by atoms with Crippen LogP contribution in [0.3, 0.4) is 0 Å². The maximum atomic E-state index is 12.6. The number of hydrogen-bond acceptors (Lipinski definition) is 4. The van der Waals surface area contributed by atoms with Crippen molar-refractivity contribution in [1.82, 2.24) is 0 Å². The number of ketones is 2. The number of ether oxygens (including phenoxy) is 2. The van der Waals surface area contributed by atoms with Crippen LogP contribution in [0.2, 0.25) is 0 Å². The second kappa shape index (κ2) is 10.4. The molecule has 4 nitrogen and oxygen atoms in total. The number of carbonyl (C=O) groups excluding carboxylic acids is 2. The van der Waals surface area contributed by atoms with Crippen molar-refractivity contribution in [3.63, 3.8) is 0 Å². The molecule has 0 spiro atoms. The molecule has 0 aliphatic carbocycles. The van der Waals surface area contributed by atoms with Crippen LogP contribution in [0.25, 0.3) is 11.1 Å². The van der Waals surface area contributed by atoms with Gasteiger partial charge in [-0.2, -0.15) is 0 Å². The van der Waals surface area contributed by atoms with Crippen molar-refractivity contribution in [3.05, 3.63) is 83.9 Å². The molecule has 0 saturated heterocycles. The second-order valence-electron chi connectivity index (χ2n) is 7.15. The van der Waals surface area contributed by atoms with E-state index in [1.807, 2.05) is 66.7 Å². The number of benzene rings is 3. The number of hydrogen-bond donors (Lipinski definition) is 0. The Hall–Kier alpha value is -3.40. The lowest BCUT2D eigenvalue weighted by Gasteiger charge is -2.07. The number of aryl methyl sites for hydroxylation is 1. The zero-order valence-corrected chi connectivity index (χ0v) is 17.4. The fraction of sp³-hybridized carbons (Fsp3) is 0.231. The van der Waals surface area contributed by atoms with E-state index in [1.165, 1.54) is 0 Å². The molecule has 0 amide bonds. The fourth-order valence-corrected chi connectivity index (χ4v) is 3.31. The molecule has 0 unspecified atom stereocenters. The Bertz CT molecular complexity index is 988. The lowest BCUT2D eigenvalue weighted by molar-refractivity contribution is -0.118. The third-order valence-electron chi connectivity index (χ3n) is 5.05. The third-order valence-corrected chi connectivity index (χ3v) is 5.05. The Morgan fingerprint density at radius 1 is 0.767 bits per heavy atom. The summed E-state index contributed by atoms with van der Waals surface area (Å²) >= 11 is 0. The second-order valence-corrected chi connectivity index (χ2v) is 7.15. The molecule has 4 heteroatoms. The van der Waals surface area contributed by atoms with Crippen molar-refractivity contribution in [2.24, 2.45) is 0 Å². The summed E-state index contributed by atoms with van der Waals surface area (Å²) in [7, 11) is 3.26. The summed E-state index contributed by atoms with van der Waals surface area (Å²) in [6.45, 7) is 0. The van der Waals surface area contributed by atoms with Crippen LogP contribution < -0.4 is 9.47 Å². The SMILES string of the molecule is COc1ccc(CCCC(=O)CC(=O)c2cccc(-c3ccc(OC)cc3)c2)cc1. The van der Waals surface area contributed by atoms with Gasteiger partial charge in [0.15, 0.2) is 5.78 Å². The standard InChI is InChI=1S/C26H26O4/c1-29-24-13-9-19(10-14-24)5-3-8-23(27)18-26(28)22-7-4-6-21(17-22)20-11-15-25(30-2)16-12-20/h4,6-7,9-17H,3,5,8,18H2,1-2H3. The summed E-state index contributed by atoms with van der Waals surface area (Å²) in [5.41, 5.74) is 3.65. The van der Waals surface area contributed by atoms with Crippen LogP contribution in [0, 0.1) is 0 Å². The van der Waals surface area contributed by atoms with E-state index in [1.54, 1.807) is 20.3 Å². The fourth-order valence-electron chi connectivity index (χ4n) is 3.31. The first-order valence-electron chi connectivity index (χ1n) is 10.0. The molecule has 3 aromatic carbocycles. The number of Topliss-reactive ketones (excluding diaryl/α,β-unsaturated/α-hetero) is 2. The number of carbonyl (C=O) groups is 2. The highest BCUT2D eigenvalue weighted by Gasteiger charge is 2.13. The van der Waals surface area contributed by atoms with E-state index in [-0.39, 0.29) is 18.0 Å². The molecule has 0 heterocycles. The lowest BCUT2D eigenvalue weighted by Crippen LogP contribution is -2.08. The highest BCUT2D eigenvalue weighted by molar-refractivity contribution is 6.08. The van der Waals surface area contributed by atoms with Crippen LogP contribution >= 0.6 is 0 Å². The minimum atomic E-state index is -0.139. The molecule has 0 atom stereocenters. The molecule has 30 heavy (non-hydrogen) atoms. The highest BCUT2D eigenvalue weighted by atomic mass is 16.5. The molecule has 0 aliphatic rings. The maximum Gasteiger partial charge on any atom is 0.170 e. The van der Waals surface area contributed by atoms with Gasteiger partial charge in [-0.05, 0) is 59.9 Å². The maximum absolute atomic E-state index is 12.6. The van der Waals surface area contributed by atoms with Crippen molar-refractivity contribution in [1.29, 1.82) is 0 Å². The van der Waals surface area contributed by atoms with Gasteiger partial charge in [-0.3, -0.25) is 9.59 Å². The third kappa shape index (κ3) is 5.80. The Morgan fingerprint density at radius 2 is 1.40 bits per heavy atom. The highest BCUT2D eigenvalue weighted by Crippen LogP contribution is 2.24. The van der Waals surface area contributed by atoms with Gasteiger partial charge >= 0.3 is 0 Å². The van der Waals surface area contributed by atoms with Crippen molar-refractivity contribution < 1.29 is 19.1 Å². The minimum Gasteiger partial charge on any atom is -0.497 e. The van der Waals surface area contributed by atoms with Crippen LogP contribution in [-0.4, -0.2) is 25.8 Å². The molecule has 0 bridgehead atoms. The Morgan fingerprint density at radius 3 is 2.03 bits per heavy atom. The number of rotatable bonds is 10. The van der Waals surface area contributed by atoms with E-state index < -0.39 is 0 Å². The van der Waals surface area contributed by atoms with Crippen molar-refractivity contribution in [2.75, 3.05) is 14.2 Å². The van der Waals surface area contributed by atoms with Crippen molar-refractivity contribution in [2.45, 2.75) is 25.7 Å². The van der Waals surface area contributed by atoms with Gasteiger partial charge in [0.1, 0.15) is 17.3 Å². The Kier molecular flexibility index (Phi) is 7.39. The van der Waals surface area contributed by atoms with E-state index in [2.05, 4.69) is 0 Å². The molecule has 154 valence electrons. The lowest BCUT2D eigenvalue weighted by atomic mass is 9.98. The predicted octanol–water partition coefficient (Wildman–Crippen LogP) is 5.54. The van der Waals surface area contributed by atoms with Gasteiger partial charge in [0.2, 0.25) is 0 Å². The summed E-state index contributed by atoms with van der Waals surface area (Å²) in [5.74, 6) is 1.44.